The fraction of sp³-hybridized carbons (Fsp3) is 0.538. The van der Waals surface area contributed by atoms with Gasteiger partial charge < -0.3 is 25.4 Å². The number of hydrogen-bond acceptors (Lipinski definition) is 5. The fourth-order valence-corrected chi connectivity index (χ4v) is 5.12. The molecule has 6 bridgehead atoms. The van der Waals surface area contributed by atoms with Gasteiger partial charge in [-0.05, 0) is 86.8 Å². The Bertz CT molecular complexity index is 884. The van der Waals surface area contributed by atoms with Crippen LogP contribution in [0, 0.1) is 0 Å². The Morgan fingerprint density at radius 2 is 1.39 bits per heavy atom. The van der Waals surface area contributed by atoms with Gasteiger partial charge in [0, 0.05) is 23.2 Å². The Morgan fingerprint density at radius 3 is 2.00 bits per heavy atom. The molecule has 2 aromatic carbocycles. The molecule has 0 amide bonds. The van der Waals surface area contributed by atoms with Crippen LogP contribution in [-0.4, -0.2) is 46.7 Å². The van der Waals surface area contributed by atoms with Gasteiger partial charge in [0.25, 0.3) is 0 Å². The number of nitrogens with one attached hydrogen (secondary N) is 1. The number of aliphatic hydroxyl groups is 2. The minimum atomic E-state index is -0.369. The summed E-state index contributed by atoms with van der Waals surface area (Å²) in [6.07, 6.45) is 6.98. The second kappa shape index (κ2) is 10.0. The van der Waals surface area contributed by atoms with Crippen LogP contribution in [0.2, 0.25) is 0 Å². The highest BCUT2D eigenvalue weighted by Gasteiger charge is 2.25. The van der Waals surface area contributed by atoms with Crippen LogP contribution >= 0.6 is 0 Å². The van der Waals surface area contributed by atoms with Gasteiger partial charge in [0.2, 0.25) is 0 Å². The molecular weight excluding hydrogens is 390 g/mol. The lowest BCUT2D eigenvalue weighted by Crippen LogP contribution is -2.45. The van der Waals surface area contributed by atoms with Gasteiger partial charge in [0.1, 0.15) is 11.5 Å². The zero-order valence-corrected chi connectivity index (χ0v) is 18.4. The molecular formula is C26H35NO4. The summed E-state index contributed by atoms with van der Waals surface area (Å²) in [6.45, 7) is 0. The van der Waals surface area contributed by atoms with Crippen molar-refractivity contribution in [3.63, 3.8) is 0 Å². The number of ether oxygens (including phenoxy) is 1. The molecule has 5 nitrogen and oxygen atoms in total. The molecule has 0 aliphatic carbocycles. The Kier molecular flexibility index (Phi) is 7.16. The SMILES string of the molecule is COc1ccc2cc1-c1cc(ccc1O)CC[C@H](O)C[C@H]1CCCC(C[C@@H](O)CC2)N1. The number of phenolic OH excluding ortho intramolecular Hbond substituents is 1. The van der Waals surface area contributed by atoms with Crippen LogP contribution in [0.15, 0.2) is 36.4 Å². The predicted octanol–water partition coefficient (Wildman–Crippen LogP) is 3.96. The van der Waals surface area contributed by atoms with Crippen molar-refractivity contribution in [3.8, 4) is 22.6 Å². The number of hydrogen-bond donors (Lipinski definition) is 4. The molecule has 2 aliphatic rings. The van der Waals surface area contributed by atoms with Gasteiger partial charge >= 0.3 is 0 Å². The van der Waals surface area contributed by atoms with E-state index in [9.17, 15) is 15.3 Å². The molecule has 1 saturated heterocycles. The van der Waals surface area contributed by atoms with Crippen molar-refractivity contribution in [2.45, 2.75) is 82.1 Å². The highest BCUT2D eigenvalue weighted by atomic mass is 16.5. The Labute approximate surface area is 185 Å². The maximum Gasteiger partial charge on any atom is 0.126 e. The highest BCUT2D eigenvalue weighted by Crippen LogP contribution is 2.38. The quantitative estimate of drug-likeness (QED) is 0.556. The molecule has 1 fully saturated rings. The van der Waals surface area contributed by atoms with Crippen LogP contribution in [-0.2, 0) is 12.8 Å². The minimum absolute atomic E-state index is 0.218. The van der Waals surface area contributed by atoms with Crippen LogP contribution in [0.5, 0.6) is 11.5 Å². The molecule has 4 rings (SSSR count). The third-order valence-electron chi connectivity index (χ3n) is 6.84. The lowest BCUT2D eigenvalue weighted by Gasteiger charge is -2.33. The topological polar surface area (TPSA) is 82.0 Å². The molecule has 168 valence electrons. The van der Waals surface area contributed by atoms with Crippen LogP contribution in [0.1, 0.15) is 56.1 Å². The smallest absolute Gasteiger partial charge is 0.126 e. The van der Waals surface area contributed by atoms with Gasteiger partial charge in [0.15, 0.2) is 0 Å². The van der Waals surface area contributed by atoms with E-state index in [0.29, 0.717) is 30.7 Å². The Hall–Kier alpha value is -2.08. The first-order valence-corrected chi connectivity index (χ1v) is 11.6. The van der Waals surface area contributed by atoms with E-state index < -0.39 is 0 Å². The zero-order chi connectivity index (χ0) is 21.8. The van der Waals surface area contributed by atoms with Crippen LogP contribution in [0.4, 0.5) is 0 Å². The summed E-state index contributed by atoms with van der Waals surface area (Å²) >= 11 is 0. The fourth-order valence-electron chi connectivity index (χ4n) is 5.12. The molecule has 2 aromatic rings. The summed E-state index contributed by atoms with van der Waals surface area (Å²) in [6, 6.07) is 12.3. The van der Waals surface area contributed by atoms with Crippen molar-refractivity contribution in [2.24, 2.45) is 0 Å². The summed E-state index contributed by atoms with van der Waals surface area (Å²) in [4.78, 5) is 0. The van der Waals surface area contributed by atoms with Crippen molar-refractivity contribution < 1.29 is 20.1 Å². The van der Waals surface area contributed by atoms with Gasteiger partial charge in [-0.25, -0.2) is 0 Å². The molecule has 2 heterocycles. The minimum Gasteiger partial charge on any atom is -0.507 e. The van der Waals surface area contributed by atoms with Crippen molar-refractivity contribution in [3.05, 3.63) is 47.5 Å². The molecule has 31 heavy (non-hydrogen) atoms. The average molecular weight is 426 g/mol. The standard InChI is InChI=1S/C26H35NO4/c1-31-26-12-8-18-6-10-22(29)16-20-4-2-3-19(27-20)15-21(28)9-5-17-7-11-25(30)23(13-17)24(26)14-18/h7-8,11-14,19-22,27-30H,2-6,9-10,15-16H2,1H3/t19-,20?,21+,22+/m1/s1. The summed E-state index contributed by atoms with van der Waals surface area (Å²) in [5.41, 5.74) is 3.81. The molecule has 4 N–H and O–H groups in total. The van der Waals surface area contributed by atoms with E-state index in [1.54, 1.807) is 13.2 Å². The number of methoxy groups -OCH3 is 1. The molecule has 0 aromatic heterocycles. The van der Waals surface area contributed by atoms with Gasteiger partial charge in [-0.2, -0.15) is 0 Å². The Morgan fingerprint density at radius 1 is 0.806 bits per heavy atom. The second-order valence-corrected chi connectivity index (χ2v) is 9.23. The number of piperidine rings is 1. The predicted molar refractivity (Wildman–Crippen MR) is 123 cm³/mol. The van der Waals surface area contributed by atoms with E-state index in [1.165, 1.54) is 0 Å². The van der Waals surface area contributed by atoms with Gasteiger partial charge in [0.05, 0.1) is 19.3 Å². The van der Waals surface area contributed by atoms with Crippen molar-refractivity contribution in [1.82, 2.24) is 5.32 Å². The zero-order valence-electron chi connectivity index (χ0n) is 18.4. The first-order valence-electron chi connectivity index (χ1n) is 11.6. The first kappa shape index (κ1) is 22.1. The maximum atomic E-state index is 10.7. The average Bonchev–Trinajstić information content (AvgIpc) is 2.76. The maximum absolute atomic E-state index is 10.7. The third-order valence-corrected chi connectivity index (χ3v) is 6.84. The second-order valence-electron chi connectivity index (χ2n) is 9.23. The third kappa shape index (κ3) is 5.59. The number of phenols is 1. The summed E-state index contributed by atoms with van der Waals surface area (Å²) in [5, 5.41) is 35.6. The van der Waals surface area contributed by atoms with Crippen LogP contribution in [0.25, 0.3) is 11.1 Å². The van der Waals surface area contributed by atoms with Crippen molar-refractivity contribution in [1.29, 1.82) is 0 Å². The van der Waals surface area contributed by atoms with Gasteiger partial charge in [-0.3, -0.25) is 0 Å². The monoisotopic (exact) mass is 425 g/mol. The summed E-state index contributed by atoms with van der Waals surface area (Å²) in [5.74, 6) is 0.934. The highest BCUT2D eigenvalue weighted by molar-refractivity contribution is 5.76. The number of aromatic hydroxyl groups is 1. The molecule has 0 spiro atoms. The number of aryl methyl sites for hydroxylation is 2. The van der Waals surface area contributed by atoms with E-state index >= 15 is 0 Å². The van der Waals surface area contributed by atoms with Gasteiger partial charge in [-0.1, -0.05) is 18.6 Å². The van der Waals surface area contributed by atoms with E-state index in [-0.39, 0.29) is 18.0 Å². The number of rotatable bonds is 1. The van der Waals surface area contributed by atoms with E-state index in [0.717, 1.165) is 67.2 Å². The molecule has 2 aliphatic heterocycles. The van der Waals surface area contributed by atoms with Gasteiger partial charge in [-0.15, -0.1) is 0 Å². The molecule has 5 heteroatoms. The first-order chi connectivity index (χ1) is 15.0. The van der Waals surface area contributed by atoms with Crippen molar-refractivity contribution >= 4 is 0 Å². The van der Waals surface area contributed by atoms with Crippen LogP contribution < -0.4 is 10.1 Å². The van der Waals surface area contributed by atoms with E-state index in [2.05, 4.69) is 11.4 Å². The lowest BCUT2D eigenvalue weighted by atomic mass is 9.90. The number of benzene rings is 2. The summed E-state index contributed by atoms with van der Waals surface area (Å²) in [7, 11) is 1.64. The van der Waals surface area contributed by atoms with E-state index in [4.69, 9.17) is 4.74 Å². The lowest BCUT2D eigenvalue weighted by molar-refractivity contribution is 0.108. The Balaban J connectivity index is 1.66. The molecule has 1 unspecified atom stereocenters. The molecule has 0 saturated carbocycles. The van der Waals surface area contributed by atoms with Crippen molar-refractivity contribution in [2.75, 3.05) is 7.11 Å². The summed E-state index contributed by atoms with van der Waals surface area (Å²) < 4.78 is 5.58. The van der Waals surface area contributed by atoms with Crippen LogP contribution in [0.3, 0.4) is 0 Å². The largest absolute Gasteiger partial charge is 0.507 e. The number of aliphatic hydroxyl groups excluding tert-OH is 2. The molecule has 0 radical (unpaired) electrons. The van der Waals surface area contributed by atoms with E-state index in [1.807, 2.05) is 24.3 Å². The number of fused-ring (bicyclic) bond motifs is 7. The molecule has 4 atom stereocenters. The normalized spacial score (nSPS) is 27.3.